The lowest BCUT2D eigenvalue weighted by atomic mass is 9.81. The van der Waals surface area contributed by atoms with E-state index in [4.69, 9.17) is 9.47 Å². The van der Waals surface area contributed by atoms with Crippen LogP contribution in [-0.4, -0.2) is 42.3 Å². The van der Waals surface area contributed by atoms with Crippen LogP contribution in [0.2, 0.25) is 0 Å². The molecular weight excluding hydrogens is 294 g/mol. The number of benzene rings is 1. The van der Waals surface area contributed by atoms with Crippen molar-refractivity contribution >= 4 is 5.97 Å². The standard InChI is InChI=1S/C18H23NO4/c20-17(21)18-7-2-5-14(18)11-19(12-18)10-13-4-1-6-15-16(13)23-9-3-8-22-15/h1,4,6,14H,2-3,5,7-12H2,(H,20,21)/t14-,18+/m0/s1. The monoisotopic (exact) mass is 317 g/mol. The van der Waals surface area contributed by atoms with Crippen LogP contribution in [0.1, 0.15) is 31.2 Å². The van der Waals surface area contributed by atoms with E-state index in [0.717, 1.165) is 55.8 Å². The van der Waals surface area contributed by atoms with Crippen molar-refractivity contribution in [2.45, 2.75) is 32.2 Å². The summed E-state index contributed by atoms with van der Waals surface area (Å²) in [6.07, 6.45) is 3.79. The van der Waals surface area contributed by atoms with Crippen molar-refractivity contribution in [3.05, 3.63) is 23.8 Å². The molecule has 0 unspecified atom stereocenters. The van der Waals surface area contributed by atoms with Crippen LogP contribution in [0.3, 0.4) is 0 Å². The van der Waals surface area contributed by atoms with Gasteiger partial charge >= 0.3 is 5.97 Å². The maximum atomic E-state index is 11.8. The summed E-state index contributed by atoms with van der Waals surface area (Å²) < 4.78 is 11.6. The molecule has 23 heavy (non-hydrogen) atoms. The van der Waals surface area contributed by atoms with E-state index in [1.807, 2.05) is 12.1 Å². The molecule has 1 N–H and O–H groups in total. The number of nitrogens with zero attached hydrogens (tertiary/aromatic N) is 1. The van der Waals surface area contributed by atoms with Crippen molar-refractivity contribution in [3.63, 3.8) is 0 Å². The van der Waals surface area contributed by atoms with Gasteiger partial charge in [0.2, 0.25) is 0 Å². The van der Waals surface area contributed by atoms with Crippen LogP contribution in [0, 0.1) is 11.3 Å². The highest BCUT2D eigenvalue weighted by molar-refractivity contribution is 5.76. The highest BCUT2D eigenvalue weighted by atomic mass is 16.5. The predicted molar refractivity (Wildman–Crippen MR) is 84.7 cm³/mol. The second kappa shape index (κ2) is 5.71. The Morgan fingerprint density at radius 3 is 3.00 bits per heavy atom. The molecule has 1 saturated carbocycles. The van der Waals surface area contributed by atoms with Gasteiger partial charge in [0.05, 0.1) is 18.6 Å². The van der Waals surface area contributed by atoms with Crippen molar-refractivity contribution < 1.29 is 19.4 Å². The molecule has 4 rings (SSSR count). The molecule has 1 saturated heterocycles. The minimum Gasteiger partial charge on any atom is -0.490 e. The minimum atomic E-state index is -0.617. The largest absolute Gasteiger partial charge is 0.490 e. The SMILES string of the molecule is O=C(O)[C@@]12CCC[C@H]1CN(Cc1cccc3c1OCCCO3)C2. The summed E-state index contributed by atoms with van der Waals surface area (Å²) in [6, 6.07) is 6.00. The van der Waals surface area contributed by atoms with Gasteiger partial charge in [-0.2, -0.15) is 0 Å². The number of carbonyl (C=O) groups is 1. The first-order chi connectivity index (χ1) is 11.2. The average molecular weight is 317 g/mol. The highest BCUT2D eigenvalue weighted by Crippen LogP contribution is 2.49. The number of aliphatic carboxylic acids is 1. The fourth-order valence-electron chi connectivity index (χ4n) is 4.48. The van der Waals surface area contributed by atoms with Gasteiger partial charge in [0.15, 0.2) is 11.5 Å². The number of carboxylic acid groups (broad SMARTS) is 1. The van der Waals surface area contributed by atoms with Gasteiger partial charge in [0.25, 0.3) is 0 Å². The van der Waals surface area contributed by atoms with Crippen molar-refractivity contribution in [3.8, 4) is 11.5 Å². The fourth-order valence-corrected chi connectivity index (χ4v) is 4.48. The molecule has 0 spiro atoms. The predicted octanol–water partition coefficient (Wildman–Crippen LogP) is 2.53. The van der Waals surface area contributed by atoms with E-state index in [0.29, 0.717) is 25.7 Å². The molecule has 0 radical (unpaired) electrons. The van der Waals surface area contributed by atoms with Crippen molar-refractivity contribution in [1.82, 2.24) is 4.90 Å². The lowest BCUT2D eigenvalue weighted by Gasteiger charge is -2.24. The molecule has 2 atom stereocenters. The van der Waals surface area contributed by atoms with E-state index in [1.54, 1.807) is 0 Å². The van der Waals surface area contributed by atoms with E-state index >= 15 is 0 Å². The second-order valence-electron chi connectivity index (χ2n) is 7.01. The number of ether oxygens (including phenoxy) is 2. The zero-order valence-electron chi connectivity index (χ0n) is 13.3. The highest BCUT2D eigenvalue weighted by Gasteiger charge is 2.54. The van der Waals surface area contributed by atoms with Crippen LogP contribution in [0.25, 0.3) is 0 Å². The van der Waals surface area contributed by atoms with E-state index in [2.05, 4.69) is 11.0 Å². The van der Waals surface area contributed by atoms with E-state index in [1.165, 1.54) is 0 Å². The van der Waals surface area contributed by atoms with Crippen LogP contribution in [0.15, 0.2) is 18.2 Å². The third-order valence-electron chi connectivity index (χ3n) is 5.61. The smallest absolute Gasteiger partial charge is 0.311 e. The molecule has 0 bridgehead atoms. The third-order valence-corrected chi connectivity index (χ3v) is 5.61. The lowest BCUT2D eigenvalue weighted by molar-refractivity contribution is -0.149. The van der Waals surface area contributed by atoms with Gasteiger partial charge in [0, 0.05) is 31.6 Å². The van der Waals surface area contributed by atoms with E-state index < -0.39 is 11.4 Å². The summed E-state index contributed by atoms with van der Waals surface area (Å²) in [7, 11) is 0. The zero-order chi connectivity index (χ0) is 15.9. The summed E-state index contributed by atoms with van der Waals surface area (Å²) in [6.45, 7) is 3.61. The van der Waals surface area contributed by atoms with Crippen LogP contribution in [0.4, 0.5) is 0 Å². The molecule has 3 aliphatic rings. The minimum absolute atomic E-state index is 0.291. The number of hydrogen-bond donors (Lipinski definition) is 1. The molecule has 2 fully saturated rings. The first-order valence-corrected chi connectivity index (χ1v) is 8.52. The van der Waals surface area contributed by atoms with Gasteiger partial charge < -0.3 is 14.6 Å². The number of para-hydroxylation sites is 1. The Morgan fingerprint density at radius 2 is 2.17 bits per heavy atom. The number of carboxylic acids is 1. The average Bonchev–Trinajstić information content (AvgIpc) is 2.96. The summed E-state index contributed by atoms with van der Waals surface area (Å²) in [5.74, 6) is 1.33. The van der Waals surface area contributed by atoms with Gasteiger partial charge in [-0.15, -0.1) is 0 Å². The molecule has 2 aliphatic heterocycles. The fraction of sp³-hybridized carbons (Fsp3) is 0.611. The first kappa shape index (κ1) is 14.8. The molecule has 2 heterocycles. The molecule has 5 nitrogen and oxygen atoms in total. The Kier molecular flexibility index (Phi) is 3.68. The van der Waals surface area contributed by atoms with Gasteiger partial charge in [-0.05, 0) is 24.8 Å². The summed E-state index contributed by atoms with van der Waals surface area (Å²) in [5.41, 5.74) is 0.577. The lowest BCUT2D eigenvalue weighted by Crippen LogP contribution is -2.35. The third kappa shape index (κ3) is 2.47. The van der Waals surface area contributed by atoms with E-state index in [-0.39, 0.29) is 0 Å². The number of likely N-dealkylation sites (tertiary alicyclic amines) is 1. The Labute approximate surface area is 136 Å². The van der Waals surface area contributed by atoms with Crippen LogP contribution in [0.5, 0.6) is 11.5 Å². The molecule has 1 aliphatic carbocycles. The summed E-state index contributed by atoms with van der Waals surface area (Å²) in [4.78, 5) is 14.1. The normalized spacial score (nSPS) is 30.0. The number of hydrogen-bond acceptors (Lipinski definition) is 4. The van der Waals surface area contributed by atoms with Crippen molar-refractivity contribution in [1.29, 1.82) is 0 Å². The molecule has 1 aromatic carbocycles. The Bertz CT molecular complexity index is 617. The van der Waals surface area contributed by atoms with Crippen LogP contribution < -0.4 is 9.47 Å². The Morgan fingerprint density at radius 1 is 1.30 bits per heavy atom. The van der Waals surface area contributed by atoms with Crippen LogP contribution >= 0.6 is 0 Å². The number of fused-ring (bicyclic) bond motifs is 2. The Balaban J connectivity index is 1.55. The second-order valence-corrected chi connectivity index (χ2v) is 7.01. The van der Waals surface area contributed by atoms with Crippen molar-refractivity contribution in [2.75, 3.05) is 26.3 Å². The molecule has 0 amide bonds. The maximum Gasteiger partial charge on any atom is 0.311 e. The van der Waals surface area contributed by atoms with Gasteiger partial charge in [-0.3, -0.25) is 9.69 Å². The molecule has 5 heteroatoms. The van der Waals surface area contributed by atoms with Gasteiger partial charge in [-0.1, -0.05) is 18.6 Å². The van der Waals surface area contributed by atoms with Crippen molar-refractivity contribution in [2.24, 2.45) is 11.3 Å². The first-order valence-electron chi connectivity index (χ1n) is 8.52. The Hall–Kier alpha value is -1.75. The topological polar surface area (TPSA) is 59.0 Å². The molecule has 124 valence electrons. The van der Waals surface area contributed by atoms with E-state index in [9.17, 15) is 9.90 Å². The molecular formula is C18H23NO4. The molecule has 1 aromatic rings. The zero-order valence-corrected chi connectivity index (χ0v) is 13.3. The summed E-state index contributed by atoms with van der Waals surface area (Å²) in [5, 5.41) is 9.72. The molecule has 0 aromatic heterocycles. The maximum absolute atomic E-state index is 11.8. The van der Waals surface area contributed by atoms with Crippen LogP contribution in [-0.2, 0) is 11.3 Å². The van der Waals surface area contributed by atoms with Gasteiger partial charge in [-0.25, -0.2) is 0 Å². The van der Waals surface area contributed by atoms with Gasteiger partial charge in [0.1, 0.15) is 0 Å². The summed E-state index contributed by atoms with van der Waals surface area (Å²) >= 11 is 0. The number of rotatable bonds is 3. The quantitative estimate of drug-likeness (QED) is 0.928.